The lowest BCUT2D eigenvalue weighted by atomic mass is 10.4. The smallest absolute Gasteiger partial charge is 0.208 e. The van der Waals surface area contributed by atoms with Gasteiger partial charge in [0, 0.05) is 4.90 Å². The predicted molar refractivity (Wildman–Crippen MR) is 49.5 cm³/mol. The van der Waals surface area contributed by atoms with Crippen molar-refractivity contribution in [2.24, 2.45) is 10.7 Å². The number of nitrogens with two attached hydrogens (primary N) is 1. The first-order valence-corrected chi connectivity index (χ1v) is 4.09. The Kier molecular flexibility index (Phi) is 3.17. The first-order valence-electron chi connectivity index (χ1n) is 3.28. The van der Waals surface area contributed by atoms with E-state index in [1.165, 1.54) is 11.8 Å². The molecule has 60 valence electrons. The molecule has 12 heavy (non-hydrogen) atoms. The highest BCUT2D eigenvalue weighted by Gasteiger charge is 1.94. The van der Waals surface area contributed by atoms with E-state index in [1.807, 2.05) is 30.3 Å². The summed E-state index contributed by atoms with van der Waals surface area (Å²) in [5.74, 6) is 0. The van der Waals surface area contributed by atoms with Crippen molar-refractivity contribution in [1.29, 1.82) is 5.26 Å². The Morgan fingerprint density at radius 3 is 2.67 bits per heavy atom. The standard InChI is InChI=1S/C8H7N3S/c9-6-11-8(10)12-7-4-2-1-3-5-7/h1-5H,(H2,10,11). The Bertz CT molecular complexity index is 313. The molecule has 1 aromatic rings. The third-order valence-electron chi connectivity index (χ3n) is 1.13. The number of hydrogen-bond donors (Lipinski definition) is 1. The number of amidine groups is 1. The van der Waals surface area contributed by atoms with Crippen molar-refractivity contribution < 1.29 is 0 Å². The van der Waals surface area contributed by atoms with Gasteiger partial charge in [-0.1, -0.05) is 30.0 Å². The number of rotatable bonds is 1. The molecule has 0 aromatic heterocycles. The van der Waals surface area contributed by atoms with E-state index in [9.17, 15) is 0 Å². The van der Waals surface area contributed by atoms with Gasteiger partial charge in [0.25, 0.3) is 0 Å². The first-order chi connectivity index (χ1) is 5.83. The zero-order chi connectivity index (χ0) is 8.81. The number of nitriles is 1. The van der Waals surface area contributed by atoms with Crippen LogP contribution < -0.4 is 5.73 Å². The number of nitrogens with zero attached hydrogens (tertiary/aromatic N) is 2. The van der Waals surface area contributed by atoms with E-state index in [-0.39, 0.29) is 5.17 Å². The second-order valence-corrected chi connectivity index (χ2v) is 3.06. The number of aliphatic imine (C=N–C) groups is 1. The second kappa shape index (κ2) is 4.42. The maximum atomic E-state index is 8.18. The molecule has 0 bridgehead atoms. The van der Waals surface area contributed by atoms with Crippen LogP contribution in [-0.4, -0.2) is 5.17 Å². The zero-order valence-corrected chi connectivity index (χ0v) is 7.08. The van der Waals surface area contributed by atoms with Gasteiger partial charge in [-0.15, -0.1) is 4.99 Å². The lowest BCUT2D eigenvalue weighted by Gasteiger charge is -1.96. The van der Waals surface area contributed by atoms with Crippen molar-refractivity contribution in [1.82, 2.24) is 0 Å². The van der Waals surface area contributed by atoms with E-state index < -0.39 is 0 Å². The molecule has 0 aliphatic heterocycles. The Labute approximate surface area is 74.9 Å². The van der Waals surface area contributed by atoms with E-state index in [2.05, 4.69) is 4.99 Å². The molecule has 0 heterocycles. The Morgan fingerprint density at radius 2 is 2.08 bits per heavy atom. The van der Waals surface area contributed by atoms with Gasteiger partial charge in [-0.05, 0) is 12.1 Å². The number of thioether (sulfide) groups is 1. The van der Waals surface area contributed by atoms with E-state index in [0.29, 0.717) is 0 Å². The van der Waals surface area contributed by atoms with Crippen LogP contribution in [0.25, 0.3) is 0 Å². The van der Waals surface area contributed by atoms with Crippen molar-refractivity contribution in [2.75, 3.05) is 0 Å². The minimum absolute atomic E-state index is 0.267. The molecule has 0 aliphatic carbocycles. The van der Waals surface area contributed by atoms with E-state index in [1.54, 1.807) is 6.19 Å². The summed E-state index contributed by atoms with van der Waals surface area (Å²) in [6, 6.07) is 9.54. The average molecular weight is 177 g/mol. The molecule has 0 saturated carbocycles. The zero-order valence-electron chi connectivity index (χ0n) is 6.27. The summed E-state index contributed by atoms with van der Waals surface area (Å²) in [5, 5.41) is 8.45. The van der Waals surface area contributed by atoms with Crippen molar-refractivity contribution in [3.05, 3.63) is 30.3 Å². The monoisotopic (exact) mass is 177 g/mol. The summed E-state index contributed by atoms with van der Waals surface area (Å²) in [4.78, 5) is 4.36. The van der Waals surface area contributed by atoms with Crippen LogP contribution in [0.5, 0.6) is 0 Å². The van der Waals surface area contributed by atoms with Crippen LogP contribution >= 0.6 is 11.8 Å². The largest absolute Gasteiger partial charge is 0.377 e. The van der Waals surface area contributed by atoms with Gasteiger partial charge >= 0.3 is 0 Å². The third-order valence-corrected chi connectivity index (χ3v) is 1.93. The molecule has 0 spiro atoms. The van der Waals surface area contributed by atoms with Crippen molar-refractivity contribution in [3.8, 4) is 6.19 Å². The third kappa shape index (κ3) is 2.64. The molecule has 2 N–H and O–H groups in total. The van der Waals surface area contributed by atoms with Crippen molar-refractivity contribution in [3.63, 3.8) is 0 Å². The van der Waals surface area contributed by atoms with E-state index >= 15 is 0 Å². The summed E-state index contributed by atoms with van der Waals surface area (Å²) >= 11 is 1.27. The molecule has 0 unspecified atom stereocenters. The van der Waals surface area contributed by atoms with Gasteiger partial charge in [-0.2, -0.15) is 5.26 Å². The van der Waals surface area contributed by atoms with Gasteiger partial charge < -0.3 is 5.73 Å². The van der Waals surface area contributed by atoms with Crippen molar-refractivity contribution in [2.45, 2.75) is 4.90 Å². The lowest BCUT2D eigenvalue weighted by Crippen LogP contribution is -2.04. The highest BCUT2D eigenvalue weighted by Crippen LogP contribution is 2.16. The highest BCUT2D eigenvalue weighted by atomic mass is 32.2. The topological polar surface area (TPSA) is 62.2 Å². The van der Waals surface area contributed by atoms with Crippen molar-refractivity contribution >= 4 is 16.9 Å². The number of benzene rings is 1. The Hall–Kier alpha value is -1.47. The SMILES string of the molecule is N#CN=C(N)Sc1ccccc1. The molecule has 1 aromatic carbocycles. The molecule has 0 radical (unpaired) electrons. The van der Waals surface area contributed by atoms with Gasteiger partial charge in [0.2, 0.25) is 6.19 Å². The normalized spacial score (nSPS) is 10.8. The predicted octanol–water partition coefficient (Wildman–Crippen LogP) is 1.57. The lowest BCUT2D eigenvalue weighted by molar-refractivity contribution is 1.43. The maximum Gasteiger partial charge on any atom is 0.208 e. The molecular formula is C8H7N3S. The molecule has 1 rings (SSSR count). The van der Waals surface area contributed by atoms with Crippen LogP contribution in [0.15, 0.2) is 40.2 Å². The van der Waals surface area contributed by atoms with E-state index in [0.717, 1.165) is 4.90 Å². The molecule has 3 nitrogen and oxygen atoms in total. The Morgan fingerprint density at radius 1 is 1.42 bits per heavy atom. The summed E-state index contributed by atoms with van der Waals surface area (Å²) in [6.07, 6.45) is 1.63. The molecule has 4 heteroatoms. The highest BCUT2D eigenvalue weighted by molar-refractivity contribution is 8.13. The summed E-state index contributed by atoms with van der Waals surface area (Å²) in [5.41, 5.74) is 5.41. The average Bonchev–Trinajstić information content (AvgIpc) is 2.06. The Balaban J connectivity index is 2.66. The molecule has 0 atom stereocenters. The molecule has 0 fully saturated rings. The number of hydrogen-bond acceptors (Lipinski definition) is 3. The van der Waals surface area contributed by atoms with Gasteiger partial charge in [0.05, 0.1) is 0 Å². The summed E-state index contributed by atoms with van der Waals surface area (Å²) in [7, 11) is 0. The fraction of sp³-hybridized carbons (Fsp3) is 0. The van der Waals surface area contributed by atoms with Gasteiger partial charge in [0.1, 0.15) is 0 Å². The van der Waals surface area contributed by atoms with Crippen LogP contribution in [0, 0.1) is 11.5 Å². The fourth-order valence-electron chi connectivity index (χ4n) is 0.681. The molecule has 0 saturated heterocycles. The summed E-state index contributed by atoms with van der Waals surface area (Å²) in [6.45, 7) is 0. The van der Waals surface area contributed by atoms with Gasteiger partial charge in [0.15, 0.2) is 5.17 Å². The van der Waals surface area contributed by atoms with Crippen LogP contribution in [-0.2, 0) is 0 Å². The minimum atomic E-state index is 0.267. The van der Waals surface area contributed by atoms with Crippen LogP contribution in [0.4, 0.5) is 0 Å². The second-order valence-electron chi connectivity index (χ2n) is 1.97. The van der Waals surface area contributed by atoms with Gasteiger partial charge in [-0.3, -0.25) is 0 Å². The molecule has 0 amide bonds. The molecule has 0 aliphatic rings. The van der Waals surface area contributed by atoms with Crippen LogP contribution in [0.3, 0.4) is 0 Å². The van der Waals surface area contributed by atoms with Crippen LogP contribution in [0.1, 0.15) is 0 Å². The summed E-state index contributed by atoms with van der Waals surface area (Å²) < 4.78 is 0. The maximum absolute atomic E-state index is 8.18. The molecular weight excluding hydrogens is 170 g/mol. The van der Waals surface area contributed by atoms with E-state index in [4.69, 9.17) is 11.0 Å². The quantitative estimate of drug-likeness (QED) is 0.306. The fourth-order valence-corrected chi connectivity index (χ4v) is 1.30. The first kappa shape index (κ1) is 8.62. The minimum Gasteiger partial charge on any atom is -0.377 e. The van der Waals surface area contributed by atoms with Gasteiger partial charge in [-0.25, -0.2) is 0 Å². The van der Waals surface area contributed by atoms with Crippen LogP contribution in [0.2, 0.25) is 0 Å².